The molecule has 0 saturated heterocycles. The van der Waals surface area contributed by atoms with Crippen LogP contribution in [0.2, 0.25) is 0 Å². The van der Waals surface area contributed by atoms with E-state index in [9.17, 15) is 0 Å². The summed E-state index contributed by atoms with van der Waals surface area (Å²) in [6.45, 7) is 0. The molecule has 0 unspecified atom stereocenters. The summed E-state index contributed by atoms with van der Waals surface area (Å²) in [7, 11) is 0. The smallest absolute Gasteiger partial charge is 0.0622 e. The van der Waals surface area contributed by atoms with E-state index >= 15 is 0 Å². The number of hydrogen-bond acceptors (Lipinski definition) is 0. The first-order valence-electron chi connectivity index (χ1n) is 8.41. The SMILES string of the molecule is [2H]c1c([2H])c([2H])c2c(-c3ccccc3)c([2H])c([2H])c([2H])c2c1[2H]. The highest BCUT2D eigenvalue weighted by molar-refractivity contribution is 5.96. The Morgan fingerprint density at radius 2 is 1.50 bits per heavy atom. The lowest BCUT2D eigenvalue weighted by Gasteiger charge is -2.06. The molecule has 0 aliphatic heterocycles. The second-order valence-corrected chi connectivity index (χ2v) is 3.37. The predicted octanol–water partition coefficient (Wildman–Crippen LogP) is 4.51. The molecule has 76 valence electrons. The fourth-order valence-corrected chi connectivity index (χ4v) is 1.63. The molecule has 0 heteroatoms. The van der Waals surface area contributed by atoms with Crippen molar-refractivity contribution in [3.8, 4) is 11.1 Å². The Morgan fingerprint density at radius 1 is 0.750 bits per heavy atom. The minimum atomic E-state index is -0.438. The standard InChI is InChI=1S/C16H12/c1-2-7-13(8-3-1)16-12-6-10-14-9-4-5-11-15(14)16/h1-12H/i4D,5D,6D,9D,10D,11D,12D. The molecule has 0 saturated carbocycles. The number of rotatable bonds is 1. The maximum Gasteiger partial charge on any atom is 0.0629 e. The Labute approximate surface area is 105 Å². The van der Waals surface area contributed by atoms with Crippen molar-refractivity contribution in [2.45, 2.75) is 0 Å². The highest BCUT2D eigenvalue weighted by Crippen LogP contribution is 2.27. The Morgan fingerprint density at radius 3 is 2.38 bits per heavy atom. The summed E-state index contributed by atoms with van der Waals surface area (Å²) >= 11 is 0. The first-order valence-corrected chi connectivity index (χ1v) is 4.91. The topological polar surface area (TPSA) is 0 Å². The maximum atomic E-state index is 8.19. The van der Waals surface area contributed by atoms with Crippen LogP contribution in [0.1, 0.15) is 9.60 Å². The molecule has 0 nitrogen and oxygen atoms in total. The molecule has 0 amide bonds. The molecule has 3 rings (SSSR count). The Hall–Kier alpha value is -2.08. The third-order valence-corrected chi connectivity index (χ3v) is 2.37. The van der Waals surface area contributed by atoms with Crippen molar-refractivity contribution in [2.24, 2.45) is 0 Å². The number of benzene rings is 3. The molecular weight excluding hydrogens is 192 g/mol. The third-order valence-electron chi connectivity index (χ3n) is 2.37. The van der Waals surface area contributed by atoms with Crippen LogP contribution < -0.4 is 0 Å². The first kappa shape index (κ1) is 4.42. The van der Waals surface area contributed by atoms with E-state index in [-0.39, 0.29) is 46.5 Å². The van der Waals surface area contributed by atoms with Crippen LogP contribution in [0.5, 0.6) is 0 Å². The fraction of sp³-hybridized carbons (Fsp3) is 0. The van der Waals surface area contributed by atoms with Gasteiger partial charge in [0.25, 0.3) is 0 Å². The summed E-state index contributed by atoms with van der Waals surface area (Å²) in [6.07, 6.45) is 0. The summed E-state index contributed by atoms with van der Waals surface area (Å²) in [4.78, 5) is 0. The zero-order valence-corrected chi connectivity index (χ0v) is 8.39. The molecule has 3 aromatic rings. The van der Waals surface area contributed by atoms with E-state index in [1.54, 1.807) is 30.3 Å². The average Bonchev–Trinajstić information content (AvgIpc) is 2.56. The van der Waals surface area contributed by atoms with Gasteiger partial charge in [0.05, 0.1) is 9.60 Å². The van der Waals surface area contributed by atoms with Gasteiger partial charge in [0.15, 0.2) is 0 Å². The van der Waals surface area contributed by atoms with Crippen LogP contribution in [0.4, 0.5) is 0 Å². The van der Waals surface area contributed by atoms with Crippen LogP contribution in [0.3, 0.4) is 0 Å². The molecule has 0 aliphatic rings. The normalized spacial score (nSPS) is 16.6. The van der Waals surface area contributed by atoms with Crippen molar-refractivity contribution < 1.29 is 9.60 Å². The van der Waals surface area contributed by atoms with E-state index in [4.69, 9.17) is 9.60 Å². The summed E-state index contributed by atoms with van der Waals surface area (Å²) in [5, 5.41) is 0.101. The van der Waals surface area contributed by atoms with Crippen molar-refractivity contribution in [1.29, 1.82) is 0 Å². The fourth-order valence-electron chi connectivity index (χ4n) is 1.63. The highest BCUT2D eigenvalue weighted by atomic mass is 14.0. The molecule has 0 N–H and O–H groups in total. The van der Waals surface area contributed by atoms with E-state index in [0.717, 1.165) is 0 Å². The molecular formula is C16H12. The highest BCUT2D eigenvalue weighted by Gasteiger charge is 2.01. The largest absolute Gasteiger partial charge is 0.0629 e. The molecule has 16 heavy (non-hydrogen) atoms. The van der Waals surface area contributed by atoms with Gasteiger partial charge in [-0.3, -0.25) is 0 Å². The first-order chi connectivity index (χ1) is 10.9. The van der Waals surface area contributed by atoms with E-state index in [2.05, 4.69) is 0 Å². The van der Waals surface area contributed by atoms with E-state index in [1.165, 1.54) is 0 Å². The molecule has 0 fully saturated rings. The van der Waals surface area contributed by atoms with E-state index in [0.29, 0.717) is 5.56 Å². The molecule has 0 atom stereocenters. The Balaban J connectivity index is 2.65. The van der Waals surface area contributed by atoms with E-state index in [1.807, 2.05) is 0 Å². The van der Waals surface area contributed by atoms with Crippen molar-refractivity contribution in [2.75, 3.05) is 0 Å². The summed E-state index contributed by atoms with van der Waals surface area (Å²) in [6, 6.07) is 6.35. The van der Waals surface area contributed by atoms with Crippen LogP contribution in [-0.4, -0.2) is 0 Å². The molecule has 0 bridgehead atoms. The van der Waals surface area contributed by atoms with Crippen LogP contribution >= 0.6 is 0 Å². The third kappa shape index (κ3) is 1.49. The van der Waals surface area contributed by atoms with Gasteiger partial charge >= 0.3 is 0 Å². The number of fused-ring (bicyclic) bond motifs is 1. The van der Waals surface area contributed by atoms with Crippen molar-refractivity contribution in [1.82, 2.24) is 0 Å². The van der Waals surface area contributed by atoms with Gasteiger partial charge < -0.3 is 0 Å². The van der Waals surface area contributed by atoms with Gasteiger partial charge in [0.1, 0.15) is 0 Å². The lowest BCUT2D eigenvalue weighted by Crippen LogP contribution is -1.79. The van der Waals surface area contributed by atoms with Crippen LogP contribution in [-0.2, 0) is 0 Å². The minimum absolute atomic E-state index is 0.0177. The molecule has 3 aromatic carbocycles. The van der Waals surface area contributed by atoms with Gasteiger partial charge in [0.2, 0.25) is 0 Å². The van der Waals surface area contributed by atoms with Crippen LogP contribution in [0.25, 0.3) is 21.9 Å². The zero-order valence-electron chi connectivity index (χ0n) is 15.4. The second kappa shape index (κ2) is 3.82. The average molecular weight is 211 g/mol. The summed E-state index contributed by atoms with van der Waals surface area (Å²) in [5.41, 5.74) is 0.842. The monoisotopic (exact) mass is 211 g/mol. The molecule has 0 aliphatic carbocycles. The Bertz CT molecular complexity index is 925. The maximum absolute atomic E-state index is 8.19. The van der Waals surface area contributed by atoms with Crippen LogP contribution in [0, 0.1) is 0 Å². The number of hydrogen-bond donors (Lipinski definition) is 0. The van der Waals surface area contributed by atoms with Gasteiger partial charge in [-0.15, -0.1) is 0 Å². The van der Waals surface area contributed by atoms with Gasteiger partial charge in [-0.1, -0.05) is 72.6 Å². The van der Waals surface area contributed by atoms with Gasteiger partial charge in [-0.25, -0.2) is 0 Å². The summed E-state index contributed by atoms with van der Waals surface area (Å²) < 4.78 is 56.0. The summed E-state index contributed by atoms with van der Waals surface area (Å²) in [5.74, 6) is 0. The van der Waals surface area contributed by atoms with Gasteiger partial charge in [-0.05, 0) is 21.9 Å². The van der Waals surface area contributed by atoms with Crippen molar-refractivity contribution in [3.05, 3.63) is 72.6 Å². The lowest BCUT2D eigenvalue weighted by atomic mass is 9.98. The van der Waals surface area contributed by atoms with E-state index < -0.39 is 12.1 Å². The zero-order chi connectivity index (χ0) is 16.9. The quantitative estimate of drug-likeness (QED) is 0.555. The minimum Gasteiger partial charge on any atom is -0.0622 e. The molecule has 0 spiro atoms. The molecule has 0 heterocycles. The lowest BCUT2D eigenvalue weighted by molar-refractivity contribution is 1.65. The van der Waals surface area contributed by atoms with Gasteiger partial charge in [-0.2, -0.15) is 0 Å². The molecule has 0 aromatic heterocycles. The van der Waals surface area contributed by atoms with Crippen molar-refractivity contribution >= 4 is 10.8 Å². The molecule has 0 radical (unpaired) electrons. The predicted molar refractivity (Wildman–Crippen MR) is 69.4 cm³/mol. The van der Waals surface area contributed by atoms with Crippen molar-refractivity contribution in [3.63, 3.8) is 0 Å². The van der Waals surface area contributed by atoms with Gasteiger partial charge in [0, 0.05) is 0 Å². The Kier molecular flexibility index (Phi) is 1.06. The van der Waals surface area contributed by atoms with Crippen LogP contribution in [0.15, 0.2) is 72.6 Å². The second-order valence-electron chi connectivity index (χ2n) is 3.37.